The summed E-state index contributed by atoms with van der Waals surface area (Å²) in [7, 11) is 0. The molecule has 0 spiro atoms. The molecule has 6 nitrogen and oxygen atoms in total. The van der Waals surface area contributed by atoms with Gasteiger partial charge in [-0.25, -0.2) is 4.79 Å². The number of carbonyl (C=O) groups excluding carboxylic acids is 2. The van der Waals surface area contributed by atoms with E-state index in [-0.39, 0.29) is 30.4 Å². The van der Waals surface area contributed by atoms with Gasteiger partial charge in [0.1, 0.15) is 6.54 Å². The van der Waals surface area contributed by atoms with E-state index in [9.17, 15) is 9.59 Å². The molecule has 1 aliphatic rings. The molecule has 0 aliphatic carbocycles. The van der Waals surface area contributed by atoms with Crippen LogP contribution in [0.3, 0.4) is 0 Å². The first kappa shape index (κ1) is 23.5. The first-order valence-corrected chi connectivity index (χ1v) is 11.5. The number of carbonyl (C=O) groups is 2. The molecule has 3 aromatic carbocycles. The van der Waals surface area contributed by atoms with E-state index in [1.807, 2.05) is 42.5 Å². The second-order valence-corrected chi connectivity index (χ2v) is 8.82. The zero-order valence-electron chi connectivity index (χ0n) is 19.1. The van der Waals surface area contributed by atoms with Crippen LogP contribution in [0.25, 0.3) is 0 Å². The molecule has 4 rings (SSSR count). The summed E-state index contributed by atoms with van der Waals surface area (Å²) in [4.78, 5) is 24.7. The Morgan fingerprint density at radius 3 is 2.35 bits per heavy atom. The summed E-state index contributed by atoms with van der Waals surface area (Å²) in [5.41, 5.74) is 4.07. The second-order valence-electron chi connectivity index (χ2n) is 8.38. The lowest BCUT2D eigenvalue weighted by atomic mass is 9.91. The van der Waals surface area contributed by atoms with E-state index >= 15 is 0 Å². The fraction of sp³-hybridized carbons (Fsp3) is 0.222. The van der Waals surface area contributed by atoms with E-state index in [1.165, 1.54) is 0 Å². The lowest BCUT2D eigenvalue weighted by molar-refractivity contribution is -0.117. The predicted octanol–water partition coefficient (Wildman–Crippen LogP) is 5.35. The monoisotopic (exact) mass is 475 g/mol. The van der Waals surface area contributed by atoms with Crippen molar-refractivity contribution in [2.75, 3.05) is 18.4 Å². The third kappa shape index (κ3) is 5.83. The SMILES string of the molecule is CC(C)OC(=O)c1ccc(NC(=O)CN2CC(c3ccccc3)C(c3ccc(Cl)cc3)=N2)cc1. The highest BCUT2D eigenvalue weighted by molar-refractivity contribution is 6.30. The highest BCUT2D eigenvalue weighted by Gasteiger charge is 2.30. The molecule has 1 aliphatic heterocycles. The number of hydrazone groups is 1. The fourth-order valence-corrected chi connectivity index (χ4v) is 3.95. The molecule has 1 heterocycles. The van der Waals surface area contributed by atoms with E-state index in [2.05, 4.69) is 17.4 Å². The largest absolute Gasteiger partial charge is 0.459 e. The maximum absolute atomic E-state index is 12.7. The van der Waals surface area contributed by atoms with Gasteiger partial charge in [-0.2, -0.15) is 5.10 Å². The topological polar surface area (TPSA) is 71.0 Å². The standard InChI is InChI=1S/C27H26ClN3O3/c1-18(2)34-27(33)21-10-14-23(15-11-21)29-25(32)17-31-16-24(19-6-4-3-5-7-19)26(30-31)20-8-12-22(28)13-9-20/h3-15,18,24H,16-17H2,1-2H3,(H,29,32). The van der Waals surface area contributed by atoms with E-state index in [4.69, 9.17) is 21.4 Å². The maximum Gasteiger partial charge on any atom is 0.338 e. The molecular formula is C27H26ClN3O3. The summed E-state index contributed by atoms with van der Waals surface area (Å²) in [5, 5.41) is 10.1. The van der Waals surface area contributed by atoms with Crippen molar-refractivity contribution in [1.29, 1.82) is 0 Å². The van der Waals surface area contributed by atoms with E-state index < -0.39 is 0 Å². The maximum atomic E-state index is 12.7. The number of hydrogen-bond acceptors (Lipinski definition) is 5. The van der Waals surface area contributed by atoms with E-state index in [0.29, 0.717) is 22.8 Å². The van der Waals surface area contributed by atoms with Crippen molar-refractivity contribution in [2.45, 2.75) is 25.9 Å². The molecule has 174 valence electrons. The van der Waals surface area contributed by atoms with Crippen LogP contribution < -0.4 is 5.32 Å². The van der Waals surface area contributed by atoms with Crippen LogP contribution in [-0.2, 0) is 9.53 Å². The van der Waals surface area contributed by atoms with Crippen molar-refractivity contribution in [2.24, 2.45) is 5.10 Å². The van der Waals surface area contributed by atoms with Crippen molar-refractivity contribution in [1.82, 2.24) is 5.01 Å². The van der Waals surface area contributed by atoms with Crippen LogP contribution in [-0.4, -0.2) is 41.8 Å². The van der Waals surface area contributed by atoms with Crippen molar-refractivity contribution < 1.29 is 14.3 Å². The Kier molecular flexibility index (Phi) is 7.28. The molecule has 0 aromatic heterocycles. The Balaban J connectivity index is 1.45. The van der Waals surface area contributed by atoms with Gasteiger partial charge in [0.15, 0.2) is 0 Å². The average Bonchev–Trinajstić information content (AvgIpc) is 3.23. The highest BCUT2D eigenvalue weighted by atomic mass is 35.5. The van der Waals surface area contributed by atoms with Gasteiger partial charge in [0.2, 0.25) is 5.91 Å². The molecular weight excluding hydrogens is 450 g/mol. The number of anilines is 1. The first-order valence-electron chi connectivity index (χ1n) is 11.1. The van der Waals surface area contributed by atoms with Crippen molar-refractivity contribution in [3.8, 4) is 0 Å². The summed E-state index contributed by atoms with van der Waals surface area (Å²) in [5.74, 6) is -0.534. The summed E-state index contributed by atoms with van der Waals surface area (Å²) < 4.78 is 5.19. The Morgan fingerprint density at radius 1 is 1.03 bits per heavy atom. The normalized spacial score (nSPS) is 15.2. The number of halogens is 1. The molecule has 0 bridgehead atoms. The molecule has 1 N–H and O–H groups in total. The van der Waals surface area contributed by atoms with Crippen LogP contribution in [0.5, 0.6) is 0 Å². The predicted molar refractivity (Wildman–Crippen MR) is 134 cm³/mol. The molecule has 0 radical (unpaired) electrons. The summed E-state index contributed by atoms with van der Waals surface area (Å²) in [6, 6.07) is 24.4. The van der Waals surface area contributed by atoms with Gasteiger partial charge < -0.3 is 10.1 Å². The van der Waals surface area contributed by atoms with Crippen molar-refractivity contribution in [3.05, 3.63) is 101 Å². The van der Waals surface area contributed by atoms with E-state index in [0.717, 1.165) is 16.8 Å². The number of rotatable bonds is 7. The zero-order chi connectivity index (χ0) is 24.1. The molecule has 0 fully saturated rings. The number of ether oxygens (including phenoxy) is 1. The van der Waals surface area contributed by atoms with E-state index in [1.54, 1.807) is 43.1 Å². The first-order chi connectivity index (χ1) is 16.4. The molecule has 0 saturated heterocycles. The minimum absolute atomic E-state index is 0.0430. The van der Waals surface area contributed by atoms with Crippen molar-refractivity contribution >= 4 is 34.9 Å². The van der Waals surface area contributed by atoms with Crippen LogP contribution in [0, 0.1) is 0 Å². The molecule has 1 unspecified atom stereocenters. The van der Waals surface area contributed by atoms with Gasteiger partial charge in [-0.15, -0.1) is 0 Å². The van der Waals surface area contributed by atoms with Gasteiger partial charge in [0.05, 0.1) is 17.4 Å². The molecule has 1 amide bonds. The quantitative estimate of drug-likeness (QED) is 0.468. The fourth-order valence-electron chi connectivity index (χ4n) is 3.83. The molecule has 3 aromatic rings. The minimum atomic E-state index is -0.388. The van der Waals surface area contributed by atoms with Gasteiger partial charge in [-0.3, -0.25) is 9.80 Å². The molecule has 34 heavy (non-hydrogen) atoms. The third-order valence-electron chi connectivity index (χ3n) is 5.39. The Hall–Kier alpha value is -3.64. The summed E-state index contributed by atoms with van der Waals surface area (Å²) >= 11 is 6.07. The lowest BCUT2D eigenvalue weighted by Gasteiger charge is -2.16. The van der Waals surface area contributed by atoms with Gasteiger partial charge in [-0.05, 0) is 61.4 Å². The van der Waals surface area contributed by atoms with Crippen LogP contribution in [0.4, 0.5) is 5.69 Å². The molecule has 7 heteroatoms. The highest BCUT2D eigenvalue weighted by Crippen LogP contribution is 2.29. The lowest BCUT2D eigenvalue weighted by Crippen LogP contribution is -2.29. The van der Waals surface area contributed by atoms with Crippen LogP contribution in [0.15, 0.2) is 84.0 Å². The number of benzene rings is 3. The summed E-state index contributed by atoms with van der Waals surface area (Å²) in [6.07, 6.45) is -0.189. The molecule has 0 saturated carbocycles. The van der Waals surface area contributed by atoms with Gasteiger partial charge >= 0.3 is 5.97 Å². The number of nitrogens with one attached hydrogen (secondary N) is 1. The number of hydrogen-bond donors (Lipinski definition) is 1. The third-order valence-corrected chi connectivity index (χ3v) is 5.64. The number of amides is 1. The number of esters is 1. The van der Waals surface area contributed by atoms with Gasteiger partial charge in [-0.1, -0.05) is 54.1 Å². The van der Waals surface area contributed by atoms with Crippen molar-refractivity contribution in [3.63, 3.8) is 0 Å². The Bertz CT molecular complexity index is 1180. The summed E-state index contributed by atoms with van der Waals surface area (Å²) in [6.45, 7) is 4.30. The number of nitrogens with zero attached hydrogens (tertiary/aromatic N) is 2. The Labute approximate surface area is 204 Å². The second kappa shape index (κ2) is 10.5. The Morgan fingerprint density at radius 2 is 1.71 bits per heavy atom. The van der Waals surface area contributed by atoms with Gasteiger partial charge in [0.25, 0.3) is 0 Å². The van der Waals surface area contributed by atoms with Crippen LogP contribution in [0.1, 0.15) is 41.3 Å². The smallest absolute Gasteiger partial charge is 0.338 e. The zero-order valence-corrected chi connectivity index (χ0v) is 19.8. The minimum Gasteiger partial charge on any atom is -0.459 e. The van der Waals surface area contributed by atoms with Crippen LogP contribution in [0.2, 0.25) is 5.02 Å². The van der Waals surface area contributed by atoms with Gasteiger partial charge in [0, 0.05) is 23.2 Å². The van der Waals surface area contributed by atoms with Crippen LogP contribution >= 0.6 is 11.6 Å². The average molecular weight is 476 g/mol. The molecule has 1 atom stereocenters.